The van der Waals surface area contributed by atoms with Gasteiger partial charge in [0.05, 0.1) is 11.9 Å². The van der Waals surface area contributed by atoms with E-state index in [-0.39, 0.29) is 5.78 Å². The molecule has 2 aromatic rings. The molecule has 0 atom stereocenters. The van der Waals surface area contributed by atoms with Crippen LogP contribution in [0.15, 0.2) is 47.1 Å². The van der Waals surface area contributed by atoms with Crippen LogP contribution in [0.2, 0.25) is 0 Å². The number of benzene rings is 1. The van der Waals surface area contributed by atoms with Gasteiger partial charge in [0, 0.05) is 24.5 Å². The number of carbonyl (C=O) groups is 1. The van der Waals surface area contributed by atoms with E-state index in [1.807, 2.05) is 32.2 Å². The van der Waals surface area contributed by atoms with Crippen LogP contribution < -0.4 is 4.90 Å². The second-order valence-electron chi connectivity index (χ2n) is 4.66. The molecule has 3 nitrogen and oxygen atoms in total. The number of nitrogens with zero attached hydrogens (tertiary/aromatic N) is 2. The number of Topliss-reactive ketones (excluding diaryl/α,β-unsaturated/α-hetero) is 1. The smallest absolute Gasteiger partial charge is 0.180 e. The average Bonchev–Trinajstić information content (AvgIpc) is 2.49. The molecular formula is C16H17BrN2O. The molecule has 20 heavy (non-hydrogen) atoms. The molecule has 2 rings (SSSR count). The lowest BCUT2D eigenvalue weighted by Gasteiger charge is -2.19. The van der Waals surface area contributed by atoms with Crippen molar-refractivity contribution in [3.63, 3.8) is 0 Å². The van der Waals surface area contributed by atoms with E-state index in [9.17, 15) is 4.79 Å². The highest BCUT2D eigenvalue weighted by atomic mass is 79.9. The predicted molar refractivity (Wildman–Crippen MR) is 85.1 cm³/mol. The van der Waals surface area contributed by atoms with Crippen molar-refractivity contribution in [2.24, 2.45) is 0 Å². The number of halogens is 1. The van der Waals surface area contributed by atoms with Gasteiger partial charge in [-0.15, -0.1) is 0 Å². The van der Waals surface area contributed by atoms with Gasteiger partial charge in [-0.05, 0) is 29.8 Å². The number of anilines is 1. The monoisotopic (exact) mass is 332 g/mol. The Balaban J connectivity index is 2.07. The number of ketones is 1. The normalized spacial score (nSPS) is 10.3. The number of carbonyl (C=O) groups excluding carboxylic acids is 1. The Morgan fingerprint density at radius 2 is 1.90 bits per heavy atom. The molecule has 0 amide bonds. The molecule has 0 aliphatic heterocycles. The quantitative estimate of drug-likeness (QED) is 0.773. The molecule has 104 valence electrons. The number of hydrogen-bond acceptors (Lipinski definition) is 3. The SMILES string of the molecule is CCC(=O)c1ccc(N(C)Cc2ccc(Br)cc2)cn1. The summed E-state index contributed by atoms with van der Waals surface area (Å²) in [7, 11) is 2.01. The Labute approximate surface area is 127 Å². The van der Waals surface area contributed by atoms with Crippen molar-refractivity contribution in [2.45, 2.75) is 19.9 Å². The zero-order valence-electron chi connectivity index (χ0n) is 11.6. The Hall–Kier alpha value is -1.68. The third-order valence-electron chi connectivity index (χ3n) is 3.13. The van der Waals surface area contributed by atoms with Crippen molar-refractivity contribution in [1.82, 2.24) is 4.98 Å². The highest BCUT2D eigenvalue weighted by Gasteiger charge is 2.07. The molecule has 0 saturated carbocycles. The summed E-state index contributed by atoms with van der Waals surface area (Å²) in [5.74, 6) is 0.0760. The van der Waals surface area contributed by atoms with Gasteiger partial charge < -0.3 is 4.90 Å². The number of hydrogen-bond donors (Lipinski definition) is 0. The number of aromatic nitrogens is 1. The van der Waals surface area contributed by atoms with Crippen LogP contribution >= 0.6 is 15.9 Å². The van der Waals surface area contributed by atoms with Gasteiger partial charge in [0.15, 0.2) is 5.78 Å². The van der Waals surface area contributed by atoms with Gasteiger partial charge in [-0.3, -0.25) is 9.78 Å². The van der Waals surface area contributed by atoms with Gasteiger partial charge in [-0.1, -0.05) is 35.0 Å². The second kappa shape index (κ2) is 6.66. The fraction of sp³-hybridized carbons (Fsp3) is 0.250. The molecule has 0 fully saturated rings. The summed E-state index contributed by atoms with van der Waals surface area (Å²) in [6.45, 7) is 2.65. The minimum absolute atomic E-state index is 0.0760. The van der Waals surface area contributed by atoms with Crippen LogP contribution in [0.1, 0.15) is 29.4 Å². The Morgan fingerprint density at radius 1 is 1.20 bits per heavy atom. The summed E-state index contributed by atoms with van der Waals surface area (Å²) in [6, 6.07) is 12.0. The maximum atomic E-state index is 11.5. The van der Waals surface area contributed by atoms with Crippen LogP contribution in [0, 0.1) is 0 Å². The van der Waals surface area contributed by atoms with Gasteiger partial charge >= 0.3 is 0 Å². The lowest BCUT2D eigenvalue weighted by Crippen LogP contribution is -2.16. The van der Waals surface area contributed by atoms with Crippen LogP contribution in [0.5, 0.6) is 0 Å². The fourth-order valence-electron chi connectivity index (χ4n) is 1.91. The molecule has 0 saturated heterocycles. The van der Waals surface area contributed by atoms with Gasteiger partial charge in [-0.25, -0.2) is 0 Å². The van der Waals surface area contributed by atoms with Gasteiger partial charge in [0.1, 0.15) is 5.69 Å². The maximum absolute atomic E-state index is 11.5. The van der Waals surface area contributed by atoms with Crippen LogP contribution in [0.3, 0.4) is 0 Å². The van der Waals surface area contributed by atoms with Crippen LogP contribution in [-0.4, -0.2) is 17.8 Å². The third-order valence-corrected chi connectivity index (χ3v) is 3.66. The molecule has 4 heteroatoms. The molecule has 0 bridgehead atoms. The lowest BCUT2D eigenvalue weighted by atomic mass is 10.2. The first-order valence-electron chi connectivity index (χ1n) is 6.55. The first-order chi connectivity index (χ1) is 9.60. The number of rotatable bonds is 5. The third kappa shape index (κ3) is 3.67. The first-order valence-corrected chi connectivity index (χ1v) is 7.34. The Morgan fingerprint density at radius 3 is 2.45 bits per heavy atom. The van der Waals surface area contributed by atoms with E-state index in [1.54, 1.807) is 12.3 Å². The lowest BCUT2D eigenvalue weighted by molar-refractivity contribution is 0.0983. The summed E-state index contributed by atoms with van der Waals surface area (Å²) in [5.41, 5.74) is 2.76. The minimum atomic E-state index is 0.0760. The molecule has 1 aromatic heterocycles. The molecule has 0 aliphatic carbocycles. The van der Waals surface area contributed by atoms with Crippen LogP contribution in [-0.2, 0) is 6.54 Å². The maximum Gasteiger partial charge on any atom is 0.180 e. The molecule has 0 radical (unpaired) electrons. The van der Waals surface area contributed by atoms with E-state index in [4.69, 9.17) is 0 Å². The summed E-state index contributed by atoms with van der Waals surface area (Å²) >= 11 is 3.43. The van der Waals surface area contributed by atoms with Crippen molar-refractivity contribution < 1.29 is 4.79 Å². The standard InChI is InChI=1S/C16H17BrN2O/c1-3-16(20)15-9-8-14(10-18-15)19(2)11-12-4-6-13(17)7-5-12/h4-10H,3,11H2,1-2H3. The van der Waals surface area contributed by atoms with Crippen LogP contribution in [0.25, 0.3) is 0 Å². The predicted octanol–water partition coefficient (Wildman–Crippen LogP) is 4.07. The van der Waals surface area contributed by atoms with Crippen molar-refractivity contribution >= 4 is 27.4 Å². The Kier molecular flexibility index (Phi) is 4.90. The number of pyridine rings is 1. The molecule has 0 aliphatic rings. The van der Waals surface area contributed by atoms with Crippen molar-refractivity contribution in [3.8, 4) is 0 Å². The second-order valence-corrected chi connectivity index (χ2v) is 5.58. The van der Waals surface area contributed by atoms with Crippen molar-refractivity contribution in [3.05, 3.63) is 58.3 Å². The Bertz CT molecular complexity index is 578. The minimum Gasteiger partial charge on any atom is -0.369 e. The summed E-state index contributed by atoms with van der Waals surface area (Å²) in [4.78, 5) is 17.9. The summed E-state index contributed by atoms with van der Waals surface area (Å²) in [5, 5.41) is 0. The van der Waals surface area contributed by atoms with Crippen LogP contribution in [0.4, 0.5) is 5.69 Å². The molecule has 0 N–H and O–H groups in total. The van der Waals surface area contributed by atoms with E-state index < -0.39 is 0 Å². The van der Waals surface area contributed by atoms with E-state index >= 15 is 0 Å². The van der Waals surface area contributed by atoms with Crippen molar-refractivity contribution in [1.29, 1.82) is 0 Å². The van der Waals surface area contributed by atoms with E-state index in [1.165, 1.54) is 5.56 Å². The molecule has 1 heterocycles. The highest BCUT2D eigenvalue weighted by Crippen LogP contribution is 2.17. The molecule has 0 unspecified atom stereocenters. The zero-order valence-corrected chi connectivity index (χ0v) is 13.2. The highest BCUT2D eigenvalue weighted by molar-refractivity contribution is 9.10. The van der Waals surface area contributed by atoms with E-state index in [2.05, 4.69) is 37.9 Å². The fourth-order valence-corrected chi connectivity index (χ4v) is 2.18. The zero-order chi connectivity index (χ0) is 14.5. The average molecular weight is 333 g/mol. The van der Waals surface area contributed by atoms with Gasteiger partial charge in [0.25, 0.3) is 0 Å². The van der Waals surface area contributed by atoms with Gasteiger partial charge in [-0.2, -0.15) is 0 Å². The van der Waals surface area contributed by atoms with E-state index in [0.29, 0.717) is 12.1 Å². The molecule has 1 aromatic carbocycles. The summed E-state index contributed by atoms with van der Waals surface area (Å²) in [6.07, 6.45) is 2.24. The molecule has 0 spiro atoms. The van der Waals surface area contributed by atoms with Gasteiger partial charge in [0.2, 0.25) is 0 Å². The largest absolute Gasteiger partial charge is 0.369 e. The molecular weight excluding hydrogens is 316 g/mol. The topological polar surface area (TPSA) is 33.2 Å². The van der Waals surface area contributed by atoms with Crippen molar-refractivity contribution in [2.75, 3.05) is 11.9 Å². The first kappa shape index (κ1) is 14.7. The van der Waals surface area contributed by atoms with E-state index in [0.717, 1.165) is 16.7 Å². The summed E-state index contributed by atoms with van der Waals surface area (Å²) < 4.78 is 1.08.